The van der Waals surface area contributed by atoms with E-state index in [2.05, 4.69) is 31.0 Å². The molecule has 0 aromatic carbocycles. The minimum absolute atomic E-state index is 0.740. The minimum atomic E-state index is 0.740. The van der Waals surface area contributed by atoms with Crippen LogP contribution in [-0.4, -0.2) is 36.1 Å². The van der Waals surface area contributed by atoms with E-state index in [9.17, 15) is 0 Å². The van der Waals surface area contributed by atoms with Gasteiger partial charge in [-0.3, -0.25) is 4.90 Å². The van der Waals surface area contributed by atoms with Crippen LogP contribution in [0.5, 0.6) is 0 Å². The normalized spacial score (nSPS) is 44.7. The number of likely N-dealkylation sites (tertiary alicyclic amines) is 1. The molecule has 1 saturated heterocycles. The van der Waals surface area contributed by atoms with Gasteiger partial charge in [-0.2, -0.15) is 0 Å². The first-order valence-electron chi connectivity index (χ1n) is 9.69. The first-order chi connectivity index (χ1) is 10.2. The van der Waals surface area contributed by atoms with Crippen molar-refractivity contribution >= 4 is 0 Å². The summed E-state index contributed by atoms with van der Waals surface area (Å²) >= 11 is 0. The second-order valence-electron chi connectivity index (χ2n) is 8.24. The number of nitrogens with zero attached hydrogens (tertiary/aromatic N) is 1. The molecular formula is C19H36N2. The van der Waals surface area contributed by atoms with E-state index in [1.807, 2.05) is 0 Å². The van der Waals surface area contributed by atoms with Crippen LogP contribution in [0.1, 0.15) is 72.1 Å². The molecule has 0 aromatic heterocycles. The van der Waals surface area contributed by atoms with Gasteiger partial charge >= 0.3 is 0 Å². The van der Waals surface area contributed by atoms with E-state index in [1.165, 1.54) is 64.5 Å². The summed E-state index contributed by atoms with van der Waals surface area (Å²) in [6.45, 7) is 9.86. The minimum Gasteiger partial charge on any atom is -0.312 e. The van der Waals surface area contributed by atoms with E-state index in [1.54, 1.807) is 0 Å². The Labute approximate surface area is 132 Å². The molecular weight excluding hydrogens is 256 g/mol. The molecule has 0 aromatic rings. The summed E-state index contributed by atoms with van der Waals surface area (Å²) in [5.74, 6) is 2.79. The van der Waals surface area contributed by atoms with Crippen LogP contribution in [-0.2, 0) is 0 Å². The van der Waals surface area contributed by atoms with Crippen molar-refractivity contribution in [2.75, 3.05) is 13.1 Å². The fourth-order valence-electron chi connectivity index (χ4n) is 5.74. The number of hydrogen-bond acceptors (Lipinski definition) is 2. The molecule has 2 nitrogen and oxygen atoms in total. The summed E-state index contributed by atoms with van der Waals surface area (Å²) in [6, 6.07) is 2.47. The topological polar surface area (TPSA) is 15.3 Å². The smallest absolute Gasteiger partial charge is 0.0278 e. The SMILES string of the molecule is CCCNC1CC(C)CC(C)C1N1CCC2CCCCC21. The molecule has 3 fully saturated rings. The van der Waals surface area contributed by atoms with Gasteiger partial charge in [-0.05, 0) is 69.4 Å². The molecule has 2 saturated carbocycles. The summed E-state index contributed by atoms with van der Waals surface area (Å²) in [7, 11) is 0. The lowest BCUT2D eigenvalue weighted by Gasteiger charge is -2.48. The van der Waals surface area contributed by atoms with Gasteiger partial charge in [0, 0.05) is 18.1 Å². The maximum absolute atomic E-state index is 3.91. The van der Waals surface area contributed by atoms with Gasteiger partial charge in [0.05, 0.1) is 0 Å². The van der Waals surface area contributed by atoms with Crippen LogP contribution in [0.15, 0.2) is 0 Å². The molecule has 3 rings (SSSR count). The van der Waals surface area contributed by atoms with Crippen LogP contribution >= 0.6 is 0 Å². The summed E-state index contributed by atoms with van der Waals surface area (Å²) in [6.07, 6.45) is 11.5. The van der Waals surface area contributed by atoms with Crippen molar-refractivity contribution in [1.29, 1.82) is 0 Å². The van der Waals surface area contributed by atoms with Gasteiger partial charge in [-0.15, -0.1) is 0 Å². The summed E-state index contributed by atoms with van der Waals surface area (Å²) < 4.78 is 0. The molecule has 6 unspecified atom stereocenters. The highest BCUT2D eigenvalue weighted by molar-refractivity contribution is 5.00. The lowest BCUT2D eigenvalue weighted by Crippen LogP contribution is -2.58. The molecule has 0 bridgehead atoms. The van der Waals surface area contributed by atoms with Crippen molar-refractivity contribution in [3.8, 4) is 0 Å². The Morgan fingerprint density at radius 2 is 1.86 bits per heavy atom. The number of rotatable bonds is 4. The Kier molecular flexibility index (Phi) is 5.27. The zero-order valence-corrected chi connectivity index (χ0v) is 14.5. The van der Waals surface area contributed by atoms with E-state index < -0.39 is 0 Å². The third-order valence-electron chi connectivity index (χ3n) is 6.52. The van der Waals surface area contributed by atoms with E-state index in [-0.39, 0.29) is 0 Å². The predicted octanol–water partition coefficient (Wildman–Crippen LogP) is 4.05. The molecule has 0 amide bonds. The molecule has 1 N–H and O–H groups in total. The average Bonchev–Trinajstić information content (AvgIpc) is 2.88. The fourth-order valence-corrected chi connectivity index (χ4v) is 5.74. The Bertz CT molecular complexity index is 330. The highest BCUT2D eigenvalue weighted by atomic mass is 15.2. The average molecular weight is 293 g/mol. The lowest BCUT2D eigenvalue weighted by molar-refractivity contribution is 0.0360. The standard InChI is InChI=1S/C19H36N2/c1-4-10-20-17-13-14(2)12-15(3)19(17)21-11-9-16-7-5-6-8-18(16)21/h14-20H,4-13H2,1-3H3. The second kappa shape index (κ2) is 7.00. The van der Waals surface area contributed by atoms with Crippen LogP contribution < -0.4 is 5.32 Å². The van der Waals surface area contributed by atoms with Crippen molar-refractivity contribution in [1.82, 2.24) is 10.2 Å². The molecule has 3 aliphatic rings. The monoisotopic (exact) mass is 292 g/mol. The molecule has 6 atom stereocenters. The summed E-state index contributed by atoms with van der Waals surface area (Å²) in [5.41, 5.74) is 0. The molecule has 2 aliphatic carbocycles. The van der Waals surface area contributed by atoms with Gasteiger partial charge in [0.2, 0.25) is 0 Å². The van der Waals surface area contributed by atoms with Crippen molar-refractivity contribution in [3.63, 3.8) is 0 Å². The number of nitrogens with one attached hydrogen (secondary N) is 1. The first-order valence-corrected chi connectivity index (χ1v) is 9.69. The second-order valence-corrected chi connectivity index (χ2v) is 8.24. The molecule has 0 spiro atoms. The highest BCUT2D eigenvalue weighted by Crippen LogP contribution is 2.42. The largest absolute Gasteiger partial charge is 0.312 e. The van der Waals surface area contributed by atoms with Gasteiger partial charge < -0.3 is 5.32 Å². The molecule has 1 heterocycles. The fraction of sp³-hybridized carbons (Fsp3) is 1.00. The van der Waals surface area contributed by atoms with Gasteiger partial charge in [-0.1, -0.05) is 33.6 Å². The lowest BCUT2D eigenvalue weighted by atomic mass is 9.75. The van der Waals surface area contributed by atoms with Crippen LogP contribution in [0.2, 0.25) is 0 Å². The van der Waals surface area contributed by atoms with Crippen molar-refractivity contribution in [2.24, 2.45) is 17.8 Å². The summed E-state index contributed by atoms with van der Waals surface area (Å²) in [4.78, 5) is 2.97. The first kappa shape index (κ1) is 15.8. The van der Waals surface area contributed by atoms with E-state index in [4.69, 9.17) is 0 Å². The van der Waals surface area contributed by atoms with E-state index in [0.717, 1.165) is 35.9 Å². The van der Waals surface area contributed by atoms with Crippen molar-refractivity contribution < 1.29 is 0 Å². The molecule has 0 radical (unpaired) electrons. The predicted molar refractivity (Wildman–Crippen MR) is 90.5 cm³/mol. The number of hydrogen-bond donors (Lipinski definition) is 1. The maximum Gasteiger partial charge on any atom is 0.0278 e. The molecule has 2 heteroatoms. The number of fused-ring (bicyclic) bond motifs is 1. The van der Waals surface area contributed by atoms with Crippen LogP contribution in [0.3, 0.4) is 0 Å². The Morgan fingerprint density at radius 3 is 2.67 bits per heavy atom. The van der Waals surface area contributed by atoms with Gasteiger partial charge in [0.15, 0.2) is 0 Å². The Hall–Kier alpha value is -0.0800. The third-order valence-corrected chi connectivity index (χ3v) is 6.52. The maximum atomic E-state index is 3.91. The summed E-state index contributed by atoms with van der Waals surface area (Å²) in [5, 5.41) is 3.91. The Morgan fingerprint density at radius 1 is 1.05 bits per heavy atom. The van der Waals surface area contributed by atoms with Crippen LogP contribution in [0.4, 0.5) is 0 Å². The molecule has 1 aliphatic heterocycles. The third kappa shape index (κ3) is 3.32. The van der Waals surface area contributed by atoms with Crippen LogP contribution in [0.25, 0.3) is 0 Å². The van der Waals surface area contributed by atoms with Crippen molar-refractivity contribution in [3.05, 3.63) is 0 Å². The highest BCUT2D eigenvalue weighted by Gasteiger charge is 2.45. The van der Waals surface area contributed by atoms with Gasteiger partial charge in [0.1, 0.15) is 0 Å². The molecule has 21 heavy (non-hydrogen) atoms. The Balaban J connectivity index is 1.73. The quantitative estimate of drug-likeness (QED) is 0.841. The zero-order valence-electron chi connectivity index (χ0n) is 14.5. The van der Waals surface area contributed by atoms with Gasteiger partial charge in [-0.25, -0.2) is 0 Å². The van der Waals surface area contributed by atoms with Gasteiger partial charge in [0.25, 0.3) is 0 Å². The van der Waals surface area contributed by atoms with Crippen LogP contribution in [0, 0.1) is 17.8 Å². The van der Waals surface area contributed by atoms with Crippen molar-refractivity contribution in [2.45, 2.75) is 90.3 Å². The molecule has 122 valence electrons. The van der Waals surface area contributed by atoms with E-state index in [0.29, 0.717) is 0 Å². The zero-order chi connectivity index (χ0) is 14.8. The van der Waals surface area contributed by atoms with E-state index >= 15 is 0 Å².